The first kappa shape index (κ1) is 19.2. The van der Waals surface area contributed by atoms with Crippen LogP contribution < -0.4 is 5.32 Å². The van der Waals surface area contributed by atoms with Crippen LogP contribution in [0, 0.1) is 5.92 Å². The van der Waals surface area contributed by atoms with Crippen molar-refractivity contribution in [2.24, 2.45) is 5.92 Å². The van der Waals surface area contributed by atoms with Crippen LogP contribution in [-0.4, -0.2) is 56.8 Å². The third kappa shape index (κ3) is 4.79. The molecule has 1 atom stereocenters. The zero-order chi connectivity index (χ0) is 14.6. The van der Waals surface area contributed by atoms with Crippen LogP contribution in [0.4, 0.5) is 0 Å². The quantitative estimate of drug-likeness (QED) is 0.831. The highest BCUT2D eigenvalue weighted by atomic mass is 35.5. The molecule has 5 nitrogen and oxygen atoms in total. The average Bonchev–Trinajstić information content (AvgIpc) is 2.48. The molecule has 0 aromatic rings. The van der Waals surface area contributed by atoms with E-state index in [1.54, 1.807) is 15.7 Å². The average molecular weight is 340 g/mol. The van der Waals surface area contributed by atoms with E-state index in [0.717, 1.165) is 45.1 Å². The summed E-state index contributed by atoms with van der Waals surface area (Å²) in [4.78, 5) is 0. The lowest BCUT2D eigenvalue weighted by molar-refractivity contribution is 0.224. The van der Waals surface area contributed by atoms with Crippen molar-refractivity contribution in [3.05, 3.63) is 0 Å². The predicted octanol–water partition coefficient (Wildman–Crippen LogP) is 1.85. The van der Waals surface area contributed by atoms with E-state index in [0.29, 0.717) is 19.0 Å². The highest BCUT2D eigenvalue weighted by molar-refractivity contribution is 7.86. The second-order valence-corrected chi connectivity index (χ2v) is 8.23. The van der Waals surface area contributed by atoms with Crippen molar-refractivity contribution < 1.29 is 8.42 Å². The van der Waals surface area contributed by atoms with Gasteiger partial charge in [0, 0.05) is 26.2 Å². The van der Waals surface area contributed by atoms with Crippen LogP contribution in [0.25, 0.3) is 0 Å². The van der Waals surface area contributed by atoms with Gasteiger partial charge in [0.25, 0.3) is 10.2 Å². The Morgan fingerprint density at radius 1 is 1.14 bits per heavy atom. The number of rotatable bonds is 5. The summed E-state index contributed by atoms with van der Waals surface area (Å²) in [5.41, 5.74) is 0. The molecule has 0 aromatic carbocycles. The zero-order valence-corrected chi connectivity index (χ0v) is 14.9. The molecule has 1 heterocycles. The highest BCUT2D eigenvalue weighted by Gasteiger charge is 2.35. The Morgan fingerprint density at radius 3 is 2.43 bits per heavy atom. The second kappa shape index (κ2) is 8.67. The molecular weight excluding hydrogens is 310 g/mol. The molecule has 1 saturated carbocycles. The van der Waals surface area contributed by atoms with Crippen molar-refractivity contribution in [3.8, 4) is 0 Å². The van der Waals surface area contributed by atoms with Gasteiger partial charge in [-0.25, -0.2) is 0 Å². The SMILES string of the molecule is CNCC1CCCN(S(=O)(=O)N(C)C2CCCCC2)C1.Cl. The van der Waals surface area contributed by atoms with Crippen molar-refractivity contribution in [2.45, 2.75) is 51.0 Å². The maximum atomic E-state index is 12.8. The van der Waals surface area contributed by atoms with Crippen LogP contribution in [0.1, 0.15) is 44.9 Å². The second-order valence-electron chi connectivity index (χ2n) is 6.24. The van der Waals surface area contributed by atoms with E-state index in [1.165, 1.54) is 6.42 Å². The minimum atomic E-state index is -3.27. The van der Waals surface area contributed by atoms with Crippen LogP contribution in [0.3, 0.4) is 0 Å². The first-order valence-electron chi connectivity index (χ1n) is 7.93. The number of piperidine rings is 1. The Hall–Kier alpha value is 0.120. The van der Waals surface area contributed by atoms with Crippen LogP contribution in [0.15, 0.2) is 0 Å². The largest absolute Gasteiger partial charge is 0.319 e. The molecule has 0 spiro atoms. The molecule has 7 heteroatoms. The van der Waals surface area contributed by atoms with Gasteiger partial charge >= 0.3 is 0 Å². The van der Waals surface area contributed by atoms with Crippen molar-refractivity contribution >= 4 is 22.6 Å². The molecule has 0 amide bonds. The molecule has 2 rings (SSSR count). The van der Waals surface area contributed by atoms with Crippen LogP contribution in [-0.2, 0) is 10.2 Å². The molecule has 1 aliphatic carbocycles. The van der Waals surface area contributed by atoms with Crippen LogP contribution in [0.5, 0.6) is 0 Å². The van der Waals surface area contributed by atoms with E-state index in [9.17, 15) is 8.42 Å². The van der Waals surface area contributed by atoms with E-state index < -0.39 is 10.2 Å². The topological polar surface area (TPSA) is 52.7 Å². The lowest BCUT2D eigenvalue weighted by Crippen LogP contribution is -2.51. The van der Waals surface area contributed by atoms with Crippen LogP contribution >= 0.6 is 12.4 Å². The molecule has 1 aliphatic heterocycles. The van der Waals surface area contributed by atoms with Crippen molar-refractivity contribution in [1.82, 2.24) is 13.9 Å². The maximum absolute atomic E-state index is 12.8. The molecule has 0 radical (unpaired) electrons. The minimum Gasteiger partial charge on any atom is -0.319 e. The van der Waals surface area contributed by atoms with Crippen molar-refractivity contribution in [3.63, 3.8) is 0 Å². The number of nitrogens with one attached hydrogen (secondary N) is 1. The van der Waals surface area contributed by atoms with Gasteiger partial charge in [-0.2, -0.15) is 17.0 Å². The Kier molecular flexibility index (Phi) is 7.92. The highest BCUT2D eigenvalue weighted by Crippen LogP contribution is 2.27. The van der Waals surface area contributed by atoms with Gasteiger partial charge in [0.2, 0.25) is 0 Å². The van der Waals surface area contributed by atoms with E-state index in [1.807, 2.05) is 7.05 Å². The fourth-order valence-corrected chi connectivity index (χ4v) is 5.22. The molecule has 126 valence electrons. The Morgan fingerprint density at radius 2 is 1.81 bits per heavy atom. The molecule has 1 N–H and O–H groups in total. The van der Waals surface area contributed by atoms with Gasteiger partial charge in [0.1, 0.15) is 0 Å². The lowest BCUT2D eigenvalue weighted by Gasteiger charge is -2.38. The molecule has 0 aromatic heterocycles. The summed E-state index contributed by atoms with van der Waals surface area (Å²) in [5, 5.41) is 3.17. The van der Waals surface area contributed by atoms with E-state index in [2.05, 4.69) is 5.32 Å². The molecule has 1 unspecified atom stereocenters. The smallest absolute Gasteiger partial charge is 0.281 e. The van der Waals surface area contributed by atoms with Crippen molar-refractivity contribution in [1.29, 1.82) is 0 Å². The molecule has 2 fully saturated rings. The molecular formula is C14H30ClN3O2S. The fourth-order valence-electron chi connectivity index (χ4n) is 3.51. The predicted molar refractivity (Wildman–Crippen MR) is 89.0 cm³/mol. The van der Waals surface area contributed by atoms with Gasteiger partial charge in [-0.05, 0) is 45.2 Å². The summed E-state index contributed by atoms with van der Waals surface area (Å²) in [6.07, 6.45) is 7.70. The van der Waals surface area contributed by atoms with Crippen LogP contribution in [0.2, 0.25) is 0 Å². The summed E-state index contributed by atoms with van der Waals surface area (Å²) in [7, 11) is 0.429. The fraction of sp³-hybridized carbons (Fsp3) is 1.00. The van der Waals surface area contributed by atoms with Gasteiger partial charge in [-0.15, -0.1) is 12.4 Å². The van der Waals surface area contributed by atoms with E-state index in [4.69, 9.17) is 0 Å². The number of halogens is 1. The molecule has 21 heavy (non-hydrogen) atoms. The number of nitrogens with zero attached hydrogens (tertiary/aromatic N) is 2. The minimum absolute atomic E-state index is 0. The monoisotopic (exact) mass is 339 g/mol. The van der Waals surface area contributed by atoms with Gasteiger partial charge in [0.05, 0.1) is 0 Å². The first-order valence-corrected chi connectivity index (χ1v) is 9.33. The van der Waals surface area contributed by atoms with E-state index >= 15 is 0 Å². The summed E-state index contributed by atoms with van der Waals surface area (Å²) in [6.45, 7) is 2.25. The molecule has 1 saturated heterocycles. The third-order valence-electron chi connectivity index (χ3n) is 4.75. The van der Waals surface area contributed by atoms with Gasteiger partial charge in [-0.3, -0.25) is 0 Å². The van der Waals surface area contributed by atoms with Gasteiger partial charge in [-0.1, -0.05) is 19.3 Å². The van der Waals surface area contributed by atoms with E-state index in [-0.39, 0.29) is 18.4 Å². The van der Waals surface area contributed by atoms with Crippen molar-refractivity contribution in [2.75, 3.05) is 33.7 Å². The summed E-state index contributed by atoms with van der Waals surface area (Å²) >= 11 is 0. The Balaban J connectivity index is 0.00000220. The summed E-state index contributed by atoms with van der Waals surface area (Å²) < 4.78 is 28.9. The summed E-state index contributed by atoms with van der Waals surface area (Å²) in [5.74, 6) is 0.447. The number of hydrogen-bond acceptors (Lipinski definition) is 3. The maximum Gasteiger partial charge on any atom is 0.281 e. The number of hydrogen-bond donors (Lipinski definition) is 1. The lowest BCUT2D eigenvalue weighted by atomic mass is 9.96. The normalized spacial score (nSPS) is 25.8. The molecule has 2 aliphatic rings. The Labute approximate surface area is 136 Å². The Bertz CT molecular complexity index is 397. The molecule has 0 bridgehead atoms. The third-order valence-corrected chi connectivity index (χ3v) is 6.76. The first-order chi connectivity index (χ1) is 9.55. The van der Waals surface area contributed by atoms with Gasteiger partial charge in [0.15, 0.2) is 0 Å². The standard InChI is InChI=1S/C14H29N3O2S.ClH/c1-15-11-13-7-6-10-17(12-13)20(18,19)16(2)14-8-4-3-5-9-14;/h13-15H,3-12H2,1-2H3;1H. The summed E-state index contributed by atoms with van der Waals surface area (Å²) in [6, 6.07) is 0.207. The zero-order valence-electron chi connectivity index (χ0n) is 13.3. The van der Waals surface area contributed by atoms with Gasteiger partial charge < -0.3 is 5.32 Å².